The van der Waals surface area contributed by atoms with Crippen molar-refractivity contribution in [2.24, 2.45) is 0 Å². The highest BCUT2D eigenvalue weighted by molar-refractivity contribution is 5.99. The van der Waals surface area contributed by atoms with Crippen LogP contribution < -0.4 is 0 Å². The number of fused-ring (bicyclic) bond motifs is 1. The molecule has 0 fully saturated rings. The third-order valence-electron chi connectivity index (χ3n) is 3.57. The van der Waals surface area contributed by atoms with Crippen molar-refractivity contribution >= 4 is 5.78 Å². The van der Waals surface area contributed by atoms with Gasteiger partial charge in [0.1, 0.15) is 5.75 Å². The number of Topliss-reactive ketones (excluding diaryl/α,β-unsaturated/α-hetero) is 1. The van der Waals surface area contributed by atoms with Gasteiger partial charge in [-0.1, -0.05) is 36.4 Å². The molecule has 1 aliphatic rings. The number of carbonyl (C=O) groups is 1. The molecule has 1 aliphatic carbocycles. The number of hydrogen-bond donors (Lipinski definition) is 1. The van der Waals surface area contributed by atoms with E-state index in [2.05, 4.69) is 12.1 Å². The van der Waals surface area contributed by atoms with Crippen LogP contribution in [0.5, 0.6) is 5.75 Å². The number of phenols is 1. The van der Waals surface area contributed by atoms with Gasteiger partial charge >= 0.3 is 0 Å². The molecule has 0 aromatic heterocycles. The van der Waals surface area contributed by atoms with Crippen molar-refractivity contribution in [3.05, 3.63) is 65.2 Å². The van der Waals surface area contributed by atoms with Gasteiger partial charge in [0.25, 0.3) is 0 Å². The van der Waals surface area contributed by atoms with Gasteiger partial charge in [-0.05, 0) is 29.7 Å². The Morgan fingerprint density at radius 3 is 2.61 bits per heavy atom. The predicted octanol–water partition coefficient (Wildman–Crippen LogP) is 3.50. The molecule has 0 heterocycles. The van der Waals surface area contributed by atoms with Crippen LogP contribution in [0.2, 0.25) is 0 Å². The molecule has 0 spiro atoms. The zero-order chi connectivity index (χ0) is 12.5. The molecule has 0 bridgehead atoms. The Kier molecular flexibility index (Phi) is 2.63. The molecule has 0 saturated heterocycles. The Morgan fingerprint density at radius 2 is 1.83 bits per heavy atom. The fourth-order valence-corrected chi connectivity index (χ4v) is 2.69. The molecule has 90 valence electrons. The van der Waals surface area contributed by atoms with E-state index < -0.39 is 0 Å². The zero-order valence-corrected chi connectivity index (χ0v) is 9.97. The number of carbonyl (C=O) groups excluding carboxylic acids is 1. The standard InChI is InChI=1S/C16H14O2/c17-12-6-7-14-13(11-4-2-1-3-5-11)8-9-16(18)15(14)10-12/h1-7,10,13,17H,8-9H2/t13-/m1/s1. The summed E-state index contributed by atoms with van der Waals surface area (Å²) in [4.78, 5) is 11.9. The molecule has 3 rings (SSSR count). The lowest BCUT2D eigenvalue weighted by Crippen LogP contribution is -2.16. The van der Waals surface area contributed by atoms with Crippen LogP contribution in [0, 0.1) is 0 Å². The Morgan fingerprint density at radius 1 is 1.06 bits per heavy atom. The summed E-state index contributed by atoms with van der Waals surface area (Å²) in [5.74, 6) is 0.559. The van der Waals surface area contributed by atoms with Crippen LogP contribution in [0.15, 0.2) is 48.5 Å². The fraction of sp³-hybridized carbons (Fsp3) is 0.188. The summed E-state index contributed by atoms with van der Waals surface area (Å²) in [5.41, 5.74) is 2.95. The highest BCUT2D eigenvalue weighted by Crippen LogP contribution is 2.37. The first-order chi connectivity index (χ1) is 8.75. The van der Waals surface area contributed by atoms with Crippen LogP contribution in [0.4, 0.5) is 0 Å². The minimum absolute atomic E-state index is 0.132. The van der Waals surface area contributed by atoms with Crippen LogP contribution in [-0.2, 0) is 0 Å². The minimum Gasteiger partial charge on any atom is -0.508 e. The van der Waals surface area contributed by atoms with Crippen LogP contribution >= 0.6 is 0 Å². The zero-order valence-electron chi connectivity index (χ0n) is 9.97. The van der Waals surface area contributed by atoms with Crippen LogP contribution in [0.25, 0.3) is 0 Å². The van der Waals surface area contributed by atoms with Gasteiger partial charge in [0, 0.05) is 17.9 Å². The first kappa shape index (κ1) is 11.0. The van der Waals surface area contributed by atoms with Gasteiger partial charge in [-0.15, -0.1) is 0 Å². The second-order valence-electron chi connectivity index (χ2n) is 4.70. The van der Waals surface area contributed by atoms with E-state index in [1.54, 1.807) is 12.1 Å². The van der Waals surface area contributed by atoms with Gasteiger partial charge in [0.2, 0.25) is 0 Å². The summed E-state index contributed by atoms with van der Waals surface area (Å²) < 4.78 is 0. The van der Waals surface area contributed by atoms with Crippen molar-refractivity contribution in [3.63, 3.8) is 0 Å². The van der Waals surface area contributed by atoms with Crippen molar-refractivity contribution < 1.29 is 9.90 Å². The number of hydrogen-bond acceptors (Lipinski definition) is 2. The van der Waals surface area contributed by atoms with Gasteiger partial charge < -0.3 is 5.11 Å². The number of rotatable bonds is 1. The third kappa shape index (κ3) is 1.80. The molecule has 1 N–H and O–H groups in total. The molecule has 2 aromatic rings. The summed E-state index contributed by atoms with van der Waals surface area (Å²) >= 11 is 0. The molecular formula is C16H14O2. The molecular weight excluding hydrogens is 224 g/mol. The first-order valence-electron chi connectivity index (χ1n) is 6.17. The molecule has 1 atom stereocenters. The van der Waals surface area contributed by atoms with Crippen molar-refractivity contribution in [2.75, 3.05) is 0 Å². The smallest absolute Gasteiger partial charge is 0.163 e. The van der Waals surface area contributed by atoms with E-state index in [-0.39, 0.29) is 17.5 Å². The second-order valence-corrected chi connectivity index (χ2v) is 4.70. The molecule has 0 saturated carbocycles. The molecule has 2 aromatic carbocycles. The highest BCUT2D eigenvalue weighted by atomic mass is 16.3. The third-order valence-corrected chi connectivity index (χ3v) is 3.57. The maximum atomic E-state index is 11.9. The van der Waals surface area contributed by atoms with E-state index in [4.69, 9.17) is 0 Å². The number of phenolic OH excluding ortho intramolecular Hbond substituents is 1. The average molecular weight is 238 g/mol. The fourth-order valence-electron chi connectivity index (χ4n) is 2.69. The van der Waals surface area contributed by atoms with Crippen LogP contribution in [0.1, 0.15) is 40.2 Å². The number of benzene rings is 2. The first-order valence-corrected chi connectivity index (χ1v) is 6.17. The lowest BCUT2D eigenvalue weighted by atomic mass is 9.78. The monoisotopic (exact) mass is 238 g/mol. The van der Waals surface area contributed by atoms with E-state index in [0.29, 0.717) is 12.0 Å². The molecule has 0 unspecified atom stereocenters. The van der Waals surface area contributed by atoms with Gasteiger partial charge in [-0.2, -0.15) is 0 Å². The van der Waals surface area contributed by atoms with E-state index >= 15 is 0 Å². The number of ketones is 1. The van der Waals surface area contributed by atoms with Gasteiger partial charge in [-0.25, -0.2) is 0 Å². The van der Waals surface area contributed by atoms with Crippen molar-refractivity contribution in [3.8, 4) is 5.75 Å². The Labute approximate surface area is 106 Å². The molecule has 0 amide bonds. The summed E-state index contributed by atoms with van der Waals surface area (Å²) in [7, 11) is 0. The SMILES string of the molecule is O=C1CC[C@H](c2ccccc2)c2ccc(O)cc21. The minimum atomic E-state index is 0.132. The van der Waals surface area contributed by atoms with Gasteiger partial charge in [0.15, 0.2) is 5.78 Å². The van der Waals surface area contributed by atoms with Crippen molar-refractivity contribution in [1.29, 1.82) is 0 Å². The van der Waals surface area contributed by atoms with Crippen molar-refractivity contribution in [1.82, 2.24) is 0 Å². The van der Waals surface area contributed by atoms with E-state index in [9.17, 15) is 9.90 Å². The molecule has 18 heavy (non-hydrogen) atoms. The van der Waals surface area contributed by atoms with Crippen LogP contribution in [0.3, 0.4) is 0 Å². The molecule has 2 nitrogen and oxygen atoms in total. The summed E-state index contributed by atoms with van der Waals surface area (Å²) in [6, 6.07) is 15.3. The van der Waals surface area contributed by atoms with Gasteiger partial charge in [-0.3, -0.25) is 4.79 Å². The molecule has 0 radical (unpaired) electrons. The predicted molar refractivity (Wildman–Crippen MR) is 70.0 cm³/mol. The van der Waals surface area contributed by atoms with E-state index in [0.717, 1.165) is 12.0 Å². The maximum absolute atomic E-state index is 11.9. The quantitative estimate of drug-likeness (QED) is 0.825. The Balaban J connectivity index is 2.11. The van der Waals surface area contributed by atoms with Gasteiger partial charge in [0.05, 0.1) is 0 Å². The highest BCUT2D eigenvalue weighted by Gasteiger charge is 2.26. The lowest BCUT2D eigenvalue weighted by Gasteiger charge is -2.25. The second kappa shape index (κ2) is 4.30. The summed E-state index contributed by atoms with van der Waals surface area (Å²) in [5, 5.41) is 9.51. The molecule has 0 aliphatic heterocycles. The molecule has 2 heteroatoms. The van der Waals surface area contributed by atoms with Crippen LogP contribution in [-0.4, -0.2) is 10.9 Å². The van der Waals surface area contributed by atoms with Crippen molar-refractivity contribution in [2.45, 2.75) is 18.8 Å². The average Bonchev–Trinajstić information content (AvgIpc) is 2.41. The van der Waals surface area contributed by atoms with E-state index in [1.165, 1.54) is 5.56 Å². The number of aromatic hydroxyl groups is 1. The normalized spacial score (nSPS) is 18.4. The Hall–Kier alpha value is -2.09. The summed E-state index contributed by atoms with van der Waals surface area (Å²) in [6.45, 7) is 0. The largest absolute Gasteiger partial charge is 0.508 e. The Bertz CT molecular complexity index is 587. The lowest BCUT2D eigenvalue weighted by molar-refractivity contribution is 0.0969. The van der Waals surface area contributed by atoms with E-state index in [1.807, 2.05) is 24.3 Å². The topological polar surface area (TPSA) is 37.3 Å². The maximum Gasteiger partial charge on any atom is 0.163 e. The summed E-state index contributed by atoms with van der Waals surface area (Å²) in [6.07, 6.45) is 1.40.